The second-order valence-corrected chi connectivity index (χ2v) is 6.69. The Morgan fingerprint density at radius 3 is 2.20 bits per heavy atom. The Hall–Kier alpha value is -2.52. The second-order valence-electron chi connectivity index (χ2n) is 4.93. The van der Waals surface area contributed by atoms with Gasteiger partial charge in [-0.15, -0.1) is 0 Å². The molecule has 6 nitrogen and oxygen atoms in total. The maximum Gasteiger partial charge on any atom is 0.257 e. The van der Waals surface area contributed by atoms with E-state index in [1.165, 1.54) is 31.4 Å². The number of carbonyl (C=O) groups excluding carboxylic acids is 1. The van der Waals surface area contributed by atoms with E-state index in [-0.39, 0.29) is 18.0 Å². The lowest BCUT2D eigenvalue weighted by Crippen LogP contribution is -2.35. The van der Waals surface area contributed by atoms with Gasteiger partial charge in [-0.1, -0.05) is 6.07 Å². The van der Waals surface area contributed by atoms with Gasteiger partial charge in [0.2, 0.25) is 10.0 Å². The van der Waals surface area contributed by atoms with E-state index in [1.807, 2.05) is 0 Å². The van der Waals surface area contributed by atoms with Gasteiger partial charge in [-0.25, -0.2) is 21.9 Å². The summed E-state index contributed by atoms with van der Waals surface area (Å²) in [5.74, 6) is -2.43. The van der Waals surface area contributed by atoms with Crippen LogP contribution >= 0.6 is 0 Å². The molecule has 2 aromatic carbocycles. The summed E-state index contributed by atoms with van der Waals surface area (Å²) in [6.45, 7) is -0.280. The van der Waals surface area contributed by atoms with Gasteiger partial charge >= 0.3 is 0 Å². The Balaban J connectivity index is 1.90. The fourth-order valence-corrected chi connectivity index (χ4v) is 3.03. The van der Waals surface area contributed by atoms with Crippen molar-refractivity contribution in [1.29, 1.82) is 0 Å². The van der Waals surface area contributed by atoms with E-state index >= 15 is 0 Å². The summed E-state index contributed by atoms with van der Waals surface area (Å²) in [5.41, 5.74) is -0.708. The van der Waals surface area contributed by atoms with Crippen LogP contribution in [-0.4, -0.2) is 34.5 Å². The van der Waals surface area contributed by atoms with Crippen molar-refractivity contribution >= 4 is 15.9 Å². The van der Waals surface area contributed by atoms with E-state index in [1.54, 1.807) is 0 Å². The Morgan fingerprint density at radius 1 is 1.04 bits per heavy atom. The van der Waals surface area contributed by atoms with E-state index < -0.39 is 33.1 Å². The van der Waals surface area contributed by atoms with Gasteiger partial charge in [0.15, 0.2) is 0 Å². The summed E-state index contributed by atoms with van der Waals surface area (Å²) in [4.78, 5) is 11.8. The number of hydrogen-bond acceptors (Lipinski definition) is 4. The third-order valence-electron chi connectivity index (χ3n) is 3.26. The topological polar surface area (TPSA) is 84.5 Å². The maximum atomic E-state index is 13.5. The summed E-state index contributed by atoms with van der Waals surface area (Å²) < 4.78 is 58.3. The third kappa shape index (κ3) is 4.74. The smallest absolute Gasteiger partial charge is 0.257 e. The van der Waals surface area contributed by atoms with Crippen molar-refractivity contribution in [2.75, 3.05) is 20.2 Å². The number of methoxy groups -OCH3 is 1. The molecule has 0 saturated carbocycles. The molecule has 2 rings (SSSR count). The van der Waals surface area contributed by atoms with Crippen LogP contribution in [0.2, 0.25) is 0 Å². The highest BCUT2D eigenvalue weighted by Gasteiger charge is 2.17. The molecule has 2 N–H and O–H groups in total. The van der Waals surface area contributed by atoms with Gasteiger partial charge in [-0.05, 0) is 36.4 Å². The predicted octanol–water partition coefficient (Wildman–Crippen LogP) is 1.68. The zero-order valence-electron chi connectivity index (χ0n) is 13.3. The van der Waals surface area contributed by atoms with Crippen LogP contribution in [0.5, 0.6) is 5.75 Å². The highest BCUT2D eigenvalue weighted by atomic mass is 32.2. The number of nitrogens with one attached hydrogen (secondary N) is 2. The molecule has 9 heteroatoms. The Morgan fingerprint density at radius 2 is 1.64 bits per heavy atom. The van der Waals surface area contributed by atoms with Gasteiger partial charge in [-0.3, -0.25) is 4.79 Å². The van der Waals surface area contributed by atoms with Gasteiger partial charge in [0.1, 0.15) is 22.9 Å². The minimum atomic E-state index is -3.77. The Kier molecular flexibility index (Phi) is 6.05. The first-order valence-electron chi connectivity index (χ1n) is 7.21. The average molecular weight is 370 g/mol. The monoisotopic (exact) mass is 370 g/mol. The lowest BCUT2D eigenvalue weighted by Gasteiger charge is -2.09. The number of amides is 1. The molecule has 0 unspecified atom stereocenters. The largest absolute Gasteiger partial charge is 0.497 e. The number of halogens is 2. The molecule has 2 aromatic rings. The maximum absolute atomic E-state index is 13.5. The van der Waals surface area contributed by atoms with E-state index in [0.29, 0.717) is 5.75 Å². The number of hydrogen-bond donors (Lipinski definition) is 2. The molecular formula is C16H16F2N2O4S. The van der Waals surface area contributed by atoms with Gasteiger partial charge < -0.3 is 10.1 Å². The lowest BCUT2D eigenvalue weighted by molar-refractivity contribution is 0.0946. The fraction of sp³-hybridized carbons (Fsp3) is 0.188. The van der Waals surface area contributed by atoms with Crippen LogP contribution in [-0.2, 0) is 10.0 Å². The van der Waals surface area contributed by atoms with Crippen LogP contribution in [0.4, 0.5) is 8.78 Å². The third-order valence-corrected chi connectivity index (χ3v) is 4.74. The summed E-state index contributed by atoms with van der Waals surface area (Å²) in [6, 6.07) is 8.80. The number of sulfonamides is 1. The first-order valence-corrected chi connectivity index (χ1v) is 8.69. The molecular weight excluding hydrogens is 354 g/mol. The standard InChI is InChI=1S/C16H16F2N2O4S/c1-24-11-5-7-12(8-6-11)25(22,23)20-10-9-19-16(21)15-13(17)3-2-4-14(15)18/h2-8,20H,9-10H2,1H3,(H,19,21). The van der Waals surface area contributed by atoms with Crippen molar-refractivity contribution in [2.24, 2.45) is 0 Å². The molecule has 0 saturated heterocycles. The van der Waals surface area contributed by atoms with Gasteiger partial charge in [-0.2, -0.15) is 0 Å². The van der Waals surface area contributed by atoms with E-state index in [0.717, 1.165) is 18.2 Å². The molecule has 0 fully saturated rings. The molecule has 25 heavy (non-hydrogen) atoms. The summed E-state index contributed by atoms with van der Waals surface area (Å²) >= 11 is 0. The second kappa shape index (κ2) is 8.04. The molecule has 0 spiro atoms. The number of carbonyl (C=O) groups is 1. The molecule has 0 atom stereocenters. The van der Waals surface area contributed by atoms with Gasteiger partial charge in [0, 0.05) is 13.1 Å². The molecule has 1 amide bonds. The van der Waals surface area contributed by atoms with Crippen LogP contribution in [0.3, 0.4) is 0 Å². The lowest BCUT2D eigenvalue weighted by atomic mass is 10.2. The summed E-state index contributed by atoms with van der Waals surface area (Å²) in [7, 11) is -2.31. The molecule has 0 aliphatic carbocycles. The van der Waals surface area contributed by atoms with Crippen LogP contribution in [0, 0.1) is 11.6 Å². The zero-order chi connectivity index (χ0) is 18.4. The molecule has 134 valence electrons. The van der Waals surface area contributed by atoms with Crippen molar-refractivity contribution in [3.8, 4) is 5.75 Å². The molecule has 0 heterocycles. The SMILES string of the molecule is COc1ccc(S(=O)(=O)NCCNC(=O)c2c(F)cccc2F)cc1. The fourth-order valence-electron chi connectivity index (χ4n) is 2.00. The van der Waals surface area contributed by atoms with Crippen molar-refractivity contribution in [1.82, 2.24) is 10.0 Å². The van der Waals surface area contributed by atoms with Crippen molar-refractivity contribution in [3.63, 3.8) is 0 Å². The van der Waals surface area contributed by atoms with Crippen LogP contribution in [0.25, 0.3) is 0 Å². The normalized spacial score (nSPS) is 11.2. The van der Waals surface area contributed by atoms with Crippen LogP contribution in [0.15, 0.2) is 47.4 Å². The van der Waals surface area contributed by atoms with Crippen molar-refractivity contribution in [2.45, 2.75) is 4.90 Å². The molecule has 0 bridgehead atoms. The number of ether oxygens (including phenoxy) is 1. The van der Waals surface area contributed by atoms with E-state index in [4.69, 9.17) is 4.74 Å². The van der Waals surface area contributed by atoms with E-state index in [2.05, 4.69) is 10.0 Å². The molecule has 0 aliphatic rings. The van der Waals surface area contributed by atoms with Crippen molar-refractivity contribution < 1.29 is 26.7 Å². The Labute approximate surface area is 143 Å². The first-order chi connectivity index (χ1) is 11.8. The van der Waals surface area contributed by atoms with E-state index in [9.17, 15) is 22.0 Å². The summed E-state index contributed by atoms with van der Waals surface area (Å²) in [6.07, 6.45) is 0. The Bertz CT molecular complexity index is 835. The minimum absolute atomic E-state index is 0.0276. The van der Waals surface area contributed by atoms with Gasteiger partial charge in [0.05, 0.1) is 12.0 Å². The highest BCUT2D eigenvalue weighted by Crippen LogP contribution is 2.15. The number of benzene rings is 2. The van der Waals surface area contributed by atoms with Crippen LogP contribution < -0.4 is 14.8 Å². The minimum Gasteiger partial charge on any atom is -0.497 e. The predicted molar refractivity (Wildman–Crippen MR) is 86.9 cm³/mol. The zero-order valence-corrected chi connectivity index (χ0v) is 14.1. The van der Waals surface area contributed by atoms with Crippen molar-refractivity contribution in [3.05, 3.63) is 59.7 Å². The first kappa shape index (κ1) is 18.8. The highest BCUT2D eigenvalue weighted by molar-refractivity contribution is 7.89. The number of rotatable bonds is 7. The molecule has 0 aliphatic heterocycles. The average Bonchev–Trinajstić information content (AvgIpc) is 2.58. The summed E-state index contributed by atoms with van der Waals surface area (Å²) in [5, 5.41) is 2.26. The molecule has 0 radical (unpaired) electrons. The van der Waals surface area contributed by atoms with Gasteiger partial charge in [0.25, 0.3) is 5.91 Å². The quantitative estimate of drug-likeness (QED) is 0.727. The van der Waals surface area contributed by atoms with Crippen LogP contribution in [0.1, 0.15) is 10.4 Å². The molecule has 0 aromatic heterocycles.